The van der Waals surface area contributed by atoms with Crippen molar-refractivity contribution in [3.05, 3.63) is 75.1 Å². The van der Waals surface area contributed by atoms with E-state index in [4.69, 9.17) is 9.15 Å². The second-order valence-electron chi connectivity index (χ2n) is 7.18. The van der Waals surface area contributed by atoms with Crippen molar-refractivity contribution in [2.75, 3.05) is 13.3 Å². The molecule has 2 heterocycles. The molecule has 0 atom stereocenters. The van der Waals surface area contributed by atoms with Gasteiger partial charge in [-0.2, -0.15) is 0 Å². The summed E-state index contributed by atoms with van der Waals surface area (Å²) >= 11 is 0. The largest absolute Gasteiger partial charge is 0.478 e. The highest BCUT2D eigenvalue weighted by Gasteiger charge is 2.22. The first kappa shape index (κ1) is 17.8. The van der Waals surface area contributed by atoms with Gasteiger partial charge in [-0.15, -0.1) is 0 Å². The molecule has 1 aliphatic heterocycles. The lowest BCUT2D eigenvalue weighted by atomic mass is 10.0. The van der Waals surface area contributed by atoms with E-state index in [2.05, 4.69) is 29.2 Å². The number of aryl methyl sites for hydroxylation is 2. The van der Waals surface area contributed by atoms with Gasteiger partial charge in [0.15, 0.2) is 0 Å². The lowest BCUT2D eigenvalue weighted by Crippen LogP contribution is -2.33. The summed E-state index contributed by atoms with van der Waals surface area (Å²) in [5.41, 5.74) is 4.58. The molecule has 0 saturated carbocycles. The summed E-state index contributed by atoms with van der Waals surface area (Å²) < 4.78 is 11.7. The molecule has 27 heavy (non-hydrogen) atoms. The molecule has 0 saturated heterocycles. The van der Waals surface area contributed by atoms with Crippen LogP contribution in [0.1, 0.15) is 35.6 Å². The third-order valence-corrected chi connectivity index (χ3v) is 5.44. The van der Waals surface area contributed by atoms with Gasteiger partial charge in [0.05, 0.1) is 5.56 Å². The Balaban J connectivity index is 1.56. The first-order valence-electron chi connectivity index (χ1n) is 9.64. The Morgan fingerprint density at radius 1 is 1.11 bits per heavy atom. The van der Waals surface area contributed by atoms with Gasteiger partial charge in [0.2, 0.25) is 0 Å². The number of rotatable bonds is 5. The summed E-state index contributed by atoms with van der Waals surface area (Å²) in [7, 11) is 0. The standard InChI is InChI=1S/C23H25NO3/c1-3-18-16(2)19-11-12-21-20(22(19)27-23(18)25)14-24(15-26-21)13-7-10-17-8-5-4-6-9-17/h4-6,8-9,11-12H,3,7,10,13-15H2,1-2H3. The van der Waals surface area contributed by atoms with Crippen molar-refractivity contribution in [2.45, 2.75) is 39.7 Å². The van der Waals surface area contributed by atoms with Gasteiger partial charge in [0.25, 0.3) is 0 Å². The summed E-state index contributed by atoms with van der Waals surface area (Å²) in [4.78, 5) is 14.6. The minimum atomic E-state index is -0.225. The second-order valence-corrected chi connectivity index (χ2v) is 7.18. The van der Waals surface area contributed by atoms with Gasteiger partial charge in [0, 0.05) is 24.0 Å². The molecule has 0 unspecified atom stereocenters. The third kappa shape index (κ3) is 3.50. The fourth-order valence-corrected chi connectivity index (χ4v) is 3.91. The zero-order valence-electron chi connectivity index (χ0n) is 16.0. The monoisotopic (exact) mass is 363 g/mol. The van der Waals surface area contributed by atoms with E-state index >= 15 is 0 Å². The van der Waals surface area contributed by atoms with E-state index in [0.717, 1.165) is 53.8 Å². The van der Waals surface area contributed by atoms with Crippen LogP contribution in [0.5, 0.6) is 5.75 Å². The number of fused-ring (bicyclic) bond motifs is 3. The average molecular weight is 363 g/mol. The van der Waals surface area contributed by atoms with Crippen molar-refractivity contribution in [1.29, 1.82) is 0 Å². The van der Waals surface area contributed by atoms with E-state index in [9.17, 15) is 4.79 Å². The fourth-order valence-electron chi connectivity index (χ4n) is 3.91. The number of benzene rings is 2. The predicted molar refractivity (Wildman–Crippen MR) is 107 cm³/mol. The van der Waals surface area contributed by atoms with Crippen molar-refractivity contribution in [3.8, 4) is 5.75 Å². The Kier molecular flexibility index (Phi) is 4.99. The molecule has 1 aliphatic rings. The van der Waals surface area contributed by atoms with E-state index in [0.29, 0.717) is 18.7 Å². The van der Waals surface area contributed by atoms with Gasteiger partial charge in [0.1, 0.15) is 18.1 Å². The molecule has 4 heteroatoms. The van der Waals surface area contributed by atoms with Gasteiger partial charge in [-0.25, -0.2) is 4.79 Å². The van der Waals surface area contributed by atoms with Gasteiger partial charge in [-0.05, 0) is 49.4 Å². The van der Waals surface area contributed by atoms with Crippen LogP contribution in [-0.2, 0) is 19.4 Å². The predicted octanol–water partition coefficient (Wildman–Crippen LogP) is 4.45. The highest BCUT2D eigenvalue weighted by atomic mass is 16.5. The quantitative estimate of drug-likeness (QED) is 0.628. The van der Waals surface area contributed by atoms with Gasteiger partial charge in [-0.1, -0.05) is 37.3 Å². The van der Waals surface area contributed by atoms with Crippen molar-refractivity contribution >= 4 is 11.0 Å². The molecule has 0 bridgehead atoms. The highest BCUT2D eigenvalue weighted by Crippen LogP contribution is 2.33. The molecule has 140 valence electrons. The first-order valence-corrected chi connectivity index (χ1v) is 9.64. The smallest absolute Gasteiger partial charge is 0.339 e. The van der Waals surface area contributed by atoms with Crippen LogP contribution in [0, 0.1) is 6.92 Å². The third-order valence-electron chi connectivity index (χ3n) is 5.44. The molecule has 1 aromatic heterocycles. The van der Waals surface area contributed by atoms with Crippen LogP contribution in [-0.4, -0.2) is 18.2 Å². The van der Waals surface area contributed by atoms with E-state index in [1.165, 1.54) is 5.56 Å². The molecule has 4 nitrogen and oxygen atoms in total. The fraction of sp³-hybridized carbons (Fsp3) is 0.348. The van der Waals surface area contributed by atoms with Crippen LogP contribution >= 0.6 is 0 Å². The van der Waals surface area contributed by atoms with Crippen LogP contribution in [0.3, 0.4) is 0 Å². The first-order chi connectivity index (χ1) is 13.2. The van der Waals surface area contributed by atoms with Crippen molar-refractivity contribution in [2.24, 2.45) is 0 Å². The molecule has 0 radical (unpaired) electrons. The average Bonchev–Trinajstić information content (AvgIpc) is 2.69. The van der Waals surface area contributed by atoms with E-state index < -0.39 is 0 Å². The van der Waals surface area contributed by atoms with Crippen LogP contribution in [0.25, 0.3) is 11.0 Å². The normalized spacial score (nSPS) is 14.1. The van der Waals surface area contributed by atoms with Crippen LogP contribution in [0.15, 0.2) is 51.7 Å². The lowest BCUT2D eigenvalue weighted by Gasteiger charge is -2.29. The molecule has 0 N–H and O–H groups in total. The molecular formula is C23H25NO3. The van der Waals surface area contributed by atoms with Crippen LogP contribution < -0.4 is 10.4 Å². The summed E-state index contributed by atoms with van der Waals surface area (Å²) in [6.45, 7) is 6.26. The van der Waals surface area contributed by atoms with Crippen LogP contribution in [0.2, 0.25) is 0 Å². The zero-order valence-corrected chi connectivity index (χ0v) is 16.0. The topological polar surface area (TPSA) is 42.7 Å². The van der Waals surface area contributed by atoms with E-state index in [1.807, 2.05) is 32.0 Å². The molecular weight excluding hydrogens is 338 g/mol. The molecule has 3 aromatic rings. The van der Waals surface area contributed by atoms with E-state index in [1.54, 1.807) is 0 Å². The number of ether oxygens (including phenoxy) is 1. The minimum Gasteiger partial charge on any atom is -0.478 e. The highest BCUT2D eigenvalue weighted by molar-refractivity contribution is 5.86. The number of hydrogen-bond donors (Lipinski definition) is 0. The number of nitrogens with zero attached hydrogens (tertiary/aromatic N) is 1. The number of hydrogen-bond acceptors (Lipinski definition) is 4. The lowest BCUT2D eigenvalue weighted by molar-refractivity contribution is 0.0946. The van der Waals surface area contributed by atoms with Crippen molar-refractivity contribution in [1.82, 2.24) is 4.90 Å². The summed E-state index contributed by atoms with van der Waals surface area (Å²) in [5, 5.41) is 1.01. The second kappa shape index (κ2) is 7.57. The van der Waals surface area contributed by atoms with Crippen LogP contribution in [0.4, 0.5) is 0 Å². The Bertz CT molecular complexity index is 1010. The van der Waals surface area contributed by atoms with E-state index in [-0.39, 0.29) is 5.63 Å². The molecule has 4 rings (SSSR count). The van der Waals surface area contributed by atoms with Crippen molar-refractivity contribution < 1.29 is 9.15 Å². The molecule has 2 aromatic carbocycles. The van der Waals surface area contributed by atoms with Gasteiger partial charge < -0.3 is 9.15 Å². The molecule has 0 aliphatic carbocycles. The Morgan fingerprint density at radius 2 is 1.93 bits per heavy atom. The molecule has 0 amide bonds. The van der Waals surface area contributed by atoms with Gasteiger partial charge >= 0.3 is 5.63 Å². The maximum absolute atomic E-state index is 12.4. The zero-order chi connectivity index (χ0) is 18.8. The molecule has 0 spiro atoms. The van der Waals surface area contributed by atoms with Gasteiger partial charge in [-0.3, -0.25) is 4.90 Å². The van der Waals surface area contributed by atoms with Crippen molar-refractivity contribution in [3.63, 3.8) is 0 Å². The molecule has 0 fully saturated rings. The summed E-state index contributed by atoms with van der Waals surface area (Å²) in [5.74, 6) is 0.827. The SMILES string of the molecule is CCc1c(C)c2ccc3c(c2oc1=O)CN(CCCc1ccccc1)CO3. The summed E-state index contributed by atoms with van der Waals surface area (Å²) in [6.07, 6.45) is 2.80. The summed E-state index contributed by atoms with van der Waals surface area (Å²) in [6, 6.07) is 14.6. The Morgan fingerprint density at radius 3 is 2.70 bits per heavy atom. The minimum absolute atomic E-state index is 0.225. The maximum atomic E-state index is 12.4. The Hall–Kier alpha value is -2.59. The maximum Gasteiger partial charge on any atom is 0.339 e. The Labute approximate surface area is 159 Å².